The molecule has 1 aromatic rings. The van der Waals surface area contributed by atoms with Crippen LogP contribution in [0, 0.1) is 5.92 Å². The summed E-state index contributed by atoms with van der Waals surface area (Å²) in [6.07, 6.45) is 4.92. The number of carbonyl (C=O) groups is 2. The number of hydrogen-bond donors (Lipinski definition) is 2. The van der Waals surface area contributed by atoms with E-state index >= 15 is 0 Å². The van der Waals surface area contributed by atoms with Gasteiger partial charge in [0.15, 0.2) is 0 Å². The van der Waals surface area contributed by atoms with Crippen LogP contribution in [0.2, 0.25) is 0 Å². The Morgan fingerprint density at radius 3 is 2.38 bits per heavy atom. The van der Waals surface area contributed by atoms with E-state index in [1.807, 2.05) is 18.2 Å². The molecule has 2 amide bonds. The molecule has 2 atom stereocenters. The van der Waals surface area contributed by atoms with Crippen LogP contribution in [0.4, 0.5) is 0 Å². The topological polar surface area (TPSA) is 61.4 Å². The Labute approximate surface area is 144 Å². The van der Waals surface area contributed by atoms with E-state index in [1.54, 1.807) is 21.0 Å². The predicted octanol–water partition coefficient (Wildman–Crippen LogP) is 2.10. The van der Waals surface area contributed by atoms with E-state index in [0.29, 0.717) is 5.92 Å². The van der Waals surface area contributed by atoms with Gasteiger partial charge in [-0.25, -0.2) is 0 Å². The molecule has 1 aliphatic carbocycles. The molecule has 0 aromatic heterocycles. The van der Waals surface area contributed by atoms with E-state index in [1.165, 1.54) is 36.1 Å². The first-order valence-electron chi connectivity index (χ1n) is 8.78. The van der Waals surface area contributed by atoms with Crippen molar-refractivity contribution >= 4 is 11.8 Å². The quantitative estimate of drug-likeness (QED) is 0.804. The Morgan fingerprint density at radius 2 is 1.79 bits per heavy atom. The van der Waals surface area contributed by atoms with Gasteiger partial charge < -0.3 is 15.5 Å². The summed E-state index contributed by atoms with van der Waals surface area (Å²) in [5, 5.41) is 6.18. The Balaban J connectivity index is 1.93. The minimum absolute atomic E-state index is 0.0984. The third-order valence-corrected chi connectivity index (χ3v) is 4.70. The number of likely N-dealkylation sites (N-methyl/N-ethyl adjacent to an activating group) is 1. The molecule has 0 unspecified atom stereocenters. The SMILES string of the molecule is C[C@@H](NC(=O)CN[C@H](c1ccccc1)C1CCCC1)C(=O)N(C)C. The average molecular weight is 331 g/mol. The number of nitrogens with zero attached hydrogens (tertiary/aromatic N) is 1. The Hall–Kier alpha value is -1.88. The van der Waals surface area contributed by atoms with E-state index in [2.05, 4.69) is 22.8 Å². The summed E-state index contributed by atoms with van der Waals surface area (Å²) < 4.78 is 0. The second-order valence-electron chi connectivity index (χ2n) is 6.84. The fraction of sp³-hybridized carbons (Fsp3) is 0.579. The lowest BCUT2D eigenvalue weighted by atomic mass is 9.91. The second kappa shape index (κ2) is 8.83. The molecule has 5 nitrogen and oxygen atoms in total. The van der Waals surface area contributed by atoms with Gasteiger partial charge in [0.25, 0.3) is 0 Å². The first-order chi connectivity index (χ1) is 11.5. The number of nitrogens with one attached hydrogen (secondary N) is 2. The van der Waals surface area contributed by atoms with Crippen LogP contribution in [-0.2, 0) is 9.59 Å². The summed E-state index contributed by atoms with van der Waals surface area (Å²) in [6, 6.07) is 10.0. The van der Waals surface area contributed by atoms with Crippen LogP contribution < -0.4 is 10.6 Å². The van der Waals surface area contributed by atoms with E-state index in [-0.39, 0.29) is 24.4 Å². The van der Waals surface area contributed by atoms with Gasteiger partial charge in [-0.15, -0.1) is 0 Å². The zero-order valence-electron chi connectivity index (χ0n) is 14.9. The number of rotatable bonds is 7. The zero-order chi connectivity index (χ0) is 17.5. The Bertz CT molecular complexity index is 539. The summed E-state index contributed by atoms with van der Waals surface area (Å²) in [7, 11) is 3.38. The van der Waals surface area contributed by atoms with Crippen LogP contribution in [0.3, 0.4) is 0 Å². The first-order valence-corrected chi connectivity index (χ1v) is 8.78. The smallest absolute Gasteiger partial charge is 0.244 e. The predicted molar refractivity (Wildman–Crippen MR) is 95.4 cm³/mol. The van der Waals surface area contributed by atoms with Gasteiger partial charge in [0.2, 0.25) is 11.8 Å². The number of amides is 2. The van der Waals surface area contributed by atoms with Crippen molar-refractivity contribution in [3.8, 4) is 0 Å². The van der Waals surface area contributed by atoms with Gasteiger partial charge in [-0.2, -0.15) is 0 Å². The van der Waals surface area contributed by atoms with E-state index in [4.69, 9.17) is 0 Å². The van der Waals surface area contributed by atoms with Crippen molar-refractivity contribution in [2.45, 2.75) is 44.7 Å². The standard InChI is InChI=1S/C19H29N3O2/c1-14(19(24)22(2)3)21-17(23)13-20-18(16-11-7-8-12-16)15-9-5-4-6-10-15/h4-6,9-10,14,16,18,20H,7-8,11-13H2,1-3H3,(H,21,23)/t14-,18-/m1/s1. The summed E-state index contributed by atoms with van der Waals surface area (Å²) in [5.41, 5.74) is 1.23. The highest BCUT2D eigenvalue weighted by Gasteiger charge is 2.26. The van der Waals surface area contributed by atoms with Crippen LogP contribution in [0.5, 0.6) is 0 Å². The van der Waals surface area contributed by atoms with Crippen molar-refractivity contribution in [2.75, 3.05) is 20.6 Å². The van der Waals surface area contributed by atoms with E-state index in [0.717, 1.165) is 0 Å². The van der Waals surface area contributed by atoms with Gasteiger partial charge in [-0.3, -0.25) is 9.59 Å². The first kappa shape index (κ1) is 18.5. The maximum Gasteiger partial charge on any atom is 0.244 e. The van der Waals surface area contributed by atoms with Crippen LogP contribution in [0.25, 0.3) is 0 Å². The highest BCUT2D eigenvalue weighted by atomic mass is 16.2. The molecule has 1 saturated carbocycles. The maximum absolute atomic E-state index is 12.2. The molecular weight excluding hydrogens is 302 g/mol. The zero-order valence-corrected chi connectivity index (χ0v) is 14.9. The minimum atomic E-state index is -0.504. The minimum Gasteiger partial charge on any atom is -0.347 e. The van der Waals surface area contributed by atoms with Crippen molar-refractivity contribution < 1.29 is 9.59 Å². The highest BCUT2D eigenvalue weighted by Crippen LogP contribution is 2.35. The fourth-order valence-electron chi connectivity index (χ4n) is 3.45. The molecule has 0 spiro atoms. The van der Waals surface area contributed by atoms with Crippen LogP contribution in [-0.4, -0.2) is 43.4 Å². The van der Waals surface area contributed by atoms with Crippen LogP contribution >= 0.6 is 0 Å². The summed E-state index contributed by atoms with van der Waals surface area (Å²) in [6.45, 7) is 1.94. The second-order valence-corrected chi connectivity index (χ2v) is 6.84. The monoisotopic (exact) mass is 331 g/mol. The molecule has 1 aliphatic rings. The third-order valence-electron chi connectivity index (χ3n) is 4.70. The van der Waals surface area contributed by atoms with Crippen molar-refractivity contribution in [3.05, 3.63) is 35.9 Å². The summed E-state index contributed by atoms with van der Waals surface area (Å²) in [5.74, 6) is 0.330. The highest BCUT2D eigenvalue weighted by molar-refractivity contribution is 5.87. The molecule has 132 valence electrons. The molecular formula is C19H29N3O2. The molecule has 0 saturated heterocycles. The Morgan fingerprint density at radius 1 is 1.17 bits per heavy atom. The summed E-state index contributed by atoms with van der Waals surface area (Å²) in [4.78, 5) is 25.5. The van der Waals surface area contributed by atoms with Crippen molar-refractivity contribution in [1.29, 1.82) is 0 Å². The fourth-order valence-corrected chi connectivity index (χ4v) is 3.45. The molecule has 24 heavy (non-hydrogen) atoms. The maximum atomic E-state index is 12.2. The van der Waals surface area contributed by atoms with E-state index < -0.39 is 6.04 Å². The van der Waals surface area contributed by atoms with Gasteiger partial charge in [-0.1, -0.05) is 43.2 Å². The van der Waals surface area contributed by atoms with Gasteiger partial charge in [0.05, 0.1) is 6.54 Å². The third kappa shape index (κ3) is 5.06. The van der Waals surface area contributed by atoms with Gasteiger partial charge in [-0.05, 0) is 31.2 Å². The number of carbonyl (C=O) groups excluding carboxylic acids is 2. The molecule has 0 aliphatic heterocycles. The number of benzene rings is 1. The number of hydrogen-bond acceptors (Lipinski definition) is 3. The lowest BCUT2D eigenvalue weighted by Gasteiger charge is -2.25. The van der Waals surface area contributed by atoms with Gasteiger partial charge in [0, 0.05) is 20.1 Å². The lowest BCUT2D eigenvalue weighted by Crippen LogP contribution is -2.47. The summed E-state index contributed by atoms with van der Waals surface area (Å²) >= 11 is 0. The molecule has 2 rings (SSSR count). The van der Waals surface area contributed by atoms with Crippen LogP contribution in [0.1, 0.15) is 44.2 Å². The van der Waals surface area contributed by atoms with Crippen molar-refractivity contribution in [1.82, 2.24) is 15.5 Å². The average Bonchev–Trinajstić information content (AvgIpc) is 3.09. The molecule has 5 heteroatoms. The van der Waals surface area contributed by atoms with Crippen LogP contribution in [0.15, 0.2) is 30.3 Å². The van der Waals surface area contributed by atoms with Gasteiger partial charge in [0.1, 0.15) is 6.04 Å². The largest absolute Gasteiger partial charge is 0.347 e. The van der Waals surface area contributed by atoms with Crippen molar-refractivity contribution in [3.63, 3.8) is 0 Å². The molecule has 0 radical (unpaired) electrons. The molecule has 1 fully saturated rings. The molecule has 0 bridgehead atoms. The van der Waals surface area contributed by atoms with Gasteiger partial charge >= 0.3 is 0 Å². The lowest BCUT2D eigenvalue weighted by molar-refractivity contribution is -0.133. The molecule has 1 aromatic carbocycles. The van der Waals surface area contributed by atoms with E-state index in [9.17, 15) is 9.59 Å². The van der Waals surface area contributed by atoms with Crippen molar-refractivity contribution in [2.24, 2.45) is 5.92 Å². The Kier molecular flexibility index (Phi) is 6.79. The molecule has 2 N–H and O–H groups in total. The molecule has 0 heterocycles. The normalized spacial score (nSPS) is 17.3.